The number of benzene rings is 9. The number of furan rings is 2. The van der Waals surface area contributed by atoms with Crippen LogP contribution in [-0.4, -0.2) is 19.5 Å². The summed E-state index contributed by atoms with van der Waals surface area (Å²) in [7, 11) is 0. The van der Waals surface area contributed by atoms with Gasteiger partial charge in [-0.05, 0) is 66.2 Å². The van der Waals surface area contributed by atoms with Crippen LogP contribution in [0.25, 0.3) is 137 Å². The highest BCUT2D eigenvalue weighted by Crippen LogP contribution is 2.47. The van der Waals surface area contributed by atoms with Crippen LogP contribution < -0.4 is 0 Å². The summed E-state index contributed by atoms with van der Waals surface area (Å²) in [5, 5.41) is 8.92. The molecule has 14 aromatic rings. The fraction of sp³-hybridized carbons (Fsp3) is 0. The van der Waals surface area contributed by atoms with E-state index in [1.165, 1.54) is 47.5 Å². The average Bonchev–Trinajstić information content (AvgIpc) is 4.13. The topological polar surface area (TPSA) is 69.9 Å². The number of rotatable bonds is 5. The zero-order valence-corrected chi connectivity index (χ0v) is 34.8. The minimum Gasteiger partial charge on any atom is -0.456 e. The van der Waals surface area contributed by atoms with Crippen molar-refractivity contribution in [3.05, 3.63) is 194 Å². The first kappa shape index (κ1) is 35.2. The minimum absolute atomic E-state index is 0.533. The molecular weight excluding hydrogens is 805 g/mol. The molecule has 0 N–H and O–H groups in total. The van der Waals surface area contributed by atoms with Crippen molar-refractivity contribution in [3.63, 3.8) is 0 Å². The van der Waals surface area contributed by atoms with E-state index in [1.807, 2.05) is 84.1 Å². The Bertz CT molecular complexity index is 4160. The first-order chi connectivity index (χ1) is 31.7. The Hall–Kier alpha value is -8.39. The first-order valence-electron chi connectivity index (χ1n) is 21.3. The van der Waals surface area contributed by atoms with Gasteiger partial charge in [-0.1, -0.05) is 133 Å². The van der Waals surface area contributed by atoms with Crippen LogP contribution in [0, 0.1) is 0 Å². The SMILES string of the molecule is c1ccc(-c2nc(-c3cccc4c3oc3ccccc34)nc(-c3cccc4oc5ccc(-c6c(-n7c8ccccc8c8ccccc87)ccc7sc8ccccc8c67)cc5c34)n2)cc1. The third-order valence-electron chi connectivity index (χ3n) is 12.7. The maximum absolute atomic E-state index is 6.70. The molecule has 5 aromatic heterocycles. The Morgan fingerprint density at radius 2 is 1.00 bits per heavy atom. The number of hydrogen-bond acceptors (Lipinski definition) is 6. The molecule has 0 fully saturated rings. The fourth-order valence-electron chi connectivity index (χ4n) is 9.89. The molecule has 64 heavy (non-hydrogen) atoms. The molecule has 0 aliphatic rings. The summed E-state index contributed by atoms with van der Waals surface area (Å²) in [6, 6.07) is 67.9. The predicted octanol–water partition coefficient (Wildman–Crippen LogP) is 15.8. The molecule has 0 saturated heterocycles. The highest BCUT2D eigenvalue weighted by molar-refractivity contribution is 7.26. The molecule has 7 heteroatoms. The standard InChI is InChI=1S/C57H32N4O2S/c1-2-14-33(15-3-1)55-58-56(60-57(59-55)41-22-12-20-38-37-18-6-10-25-46(37)63-54(38)41)40-21-13-26-48-52(40)42-32-34(28-30-47(42)62-48)51-45(29-31-50-53(51)39-19-7-11-27-49(39)64-50)61-43-23-8-4-16-35(43)36-17-5-9-24-44(36)61/h1-32H. The second-order valence-electron chi connectivity index (χ2n) is 16.2. The summed E-state index contributed by atoms with van der Waals surface area (Å²) in [4.78, 5) is 15.6. The summed E-state index contributed by atoms with van der Waals surface area (Å²) >= 11 is 1.83. The molecular formula is C57H32N4O2S. The highest BCUT2D eigenvalue weighted by atomic mass is 32.1. The number of aromatic nitrogens is 4. The number of para-hydroxylation sites is 4. The summed E-state index contributed by atoms with van der Waals surface area (Å²) in [6.45, 7) is 0. The number of hydrogen-bond donors (Lipinski definition) is 0. The molecule has 9 aromatic carbocycles. The van der Waals surface area contributed by atoms with Crippen molar-refractivity contribution in [1.29, 1.82) is 0 Å². The van der Waals surface area contributed by atoms with E-state index < -0.39 is 0 Å². The molecule has 0 radical (unpaired) electrons. The lowest BCUT2D eigenvalue weighted by Gasteiger charge is -2.16. The van der Waals surface area contributed by atoms with Crippen LogP contribution in [0.5, 0.6) is 0 Å². The van der Waals surface area contributed by atoms with Crippen molar-refractivity contribution >= 4 is 97.2 Å². The van der Waals surface area contributed by atoms with Crippen molar-refractivity contribution < 1.29 is 8.83 Å². The number of fused-ring (bicyclic) bond motifs is 12. The second kappa shape index (κ2) is 13.6. The van der Waals surface area contributed by atoms with E-state index in [-0.39, 0.29) is 0 Å². The molecule has 298 valence electrons. The van der Waals surface area contributed by atoms with Crippen LogP contribution in [0.3, 0.4) is 0 Å². The largest absolute Gasteiger partial charge is 0.456 e. The Morgan fingerprint density at radius 3 is 1.83 bits per heavy atom. The van der Waals surface area contributed by atoms with Crippen LogP contribution in [-0.2, 0) is 0 Å². The molecule has 0 saturated carbocycles. The molecule has 0 spiro atoms. The van der Waals surface area contributed by atoms with Gasteiger partial charge in [0.15, 0.2) is 17.5 Å². The minimum atomic E-state index is 0.533. The van der Waals surface area contributed by atoms with Crippen LogP contribution >= 0.6 is 11.3 Å². The molecule has 0 atom stereocenters. The van der Waals surface area contributed by atoms with Gasteiger partial charge in [-0.3, -0.25) is 0 Å². The predicted molar refractivity (Wildman–Crippen MR) is 263 cm³/mol. The molecule has 6 nitrogen and oxygen atoms in total. The monoisotopic (exact) mass is 836 g/mol. The third-order valence-corrected chi connectivity index (χ3v) is 13.8. The number of thiophene rings is 1. The maximum Gasteiger partial charge on any atom is 0.167 e. The third kappa shape index (κ3) is 5.16. The molecule has 5 heterocycles. The summed E-state index contributed by atoms with van der Waals surface area (Å²) < 4.78 is 18.2. The van der Waals surface area contributed by atoms with E-state index in [9.17, 15) is 0 Å². The molecule has 0 aliphatic heterocycles. The molecule has 0 aliphatic carbocycles. The maximum atomic E-state index is 6.70. The van der Waals surface area contributed by atoms with E-state index in [1.54, 1.807) is 0 Å². The van der Waals surface area contributed by atoms with Crippen LogP contribution in [0.2, 0.25) is 0 Å². The molecule has 0 bridgehead atoms. The zero-order chi connectivity index (χ0) is 41.9. The Morgan fingerprint density at radius 1 is 0.375 bits per heavy atom. The lowest BCUT2D eigenvalue weighted by Crippen LogP contribution is -2.00. The van der Waals surface area contributed by atoms with E-state index in [0.717, 1.165) is 71.8 Å². The van der Waals surface area contributed by atoms with Gasteiger partial charge >= 0.3 is 0 Å². The molecule has 0 amide bonds. The van der Waals surface area contributed by atoms with Gasteiger partial charge in [0, 0.05) is 69.2 Å². The van der Waals surface area contributed by atoms with Crippen LogP contribution in [0.1, 0.15) is 0 Å². The lowest BCUT2D eigenvalue weighted by atomic mass is 9.95. The van der Waals surface area contributed by atoms with Crippen molar-refractivity contribution in [2.24, 2.45) is 0 Å². The van der Waals surface area contributed by atoms with Gasteiger partial charge in [-0.15, -0.1) is 11.3 Å². The summed E-state index contributed by atoms with van der Waals surface area (Å²) in [6.07, 6.45) is 0. The van der Waals surface area contributed by atoms with Gasteiger partial charge in [0.05, 0.1) is 22.3 Å². The van der Waals surface area contributed by atoms with Gasteiger partial charge in [0.25, 0.3) is 0 Å². The van der Waals surface area contributed by atoms with Crippen molar-refractivity contribution in [2.45, 2.75) is 0 Å². The van der Waals surface area contributed by atoms with Crippen molar-refractivity contribution in [3.8, 4) is 51.0 Å². The van der Waals surface area contributed by atoms with E-state index in [4.69, 9.17) is 23.8 Å². The van der Waals surface area contributed by atoms with Gasteiger partial charge < -0.3 is 13.4 Å². The lowest BCUT2D eigenvalue weighted by molar-refractivity contribution is 0.668. The fourth-order valence-corrected chi connectivity index (χ4v) is 11.0. The van der Waals surface area contributed by atoms with Gasteiger partial charge in [-0.25, -0.2) is 15.0 Å². The number of nitrogens with zero attached hydrogens (tertiary/aromatic N) is 4. The Balaban J connectivity index is 1.04. The average molecular weight is 837 g/mol. The first-order valence-corrected chi connectivity index (χ1v) is 22.2. The van der Waals surface area contributed by atoms with Crippen molar-refractivity contribution in [2.75, 3.05) is 0 Å². The van der Waals surface area contributed by atoms with Gasteiger partial charge in [0.2, 0.25) is 0 Å². The Labute approximate surface area is 368 Å². The van der Waals surface area contributed by atoms with Crippen molar-refractivity contribution in [1.82, 2.24) is 19.5 Å². The van der Waals surface area contributed by atoms with E-state index >= 15 is 0 Å². The van der Waals surface area contributed by atoms with Crippen LogP contribution in [0.4, 0.5) is 0 Å². The van der Waals surface area contributed by atoms with E-state index in [0.29, 0.717) is 17.5 Å². The quantitative estimate of drug-likeness (QED) is 0.173. The van der Waals surface area contributed by atoms with E-state index in [2.05, 4.69) is 126 Å². The summed E-state index contributed by atoms with van der Waals surface area (Å²) in [5.74, 6) is 1.66. The normalized spacial score (nSPS) is 12.1. The van der Waals surface area contributed by atoms with Crippen LogP contribution in [0.15, 0.2) is 203 Å². The second-order valence-corrected chi connectivity index (χ2v) is 17.3. The molecule has 14 rings (SSSR count). The van der Waals surface area contributed by atoms with Gasteiger partial charge in [-0.2, -0.15) is 0 Å². The smallest absolute Gasteiger partial charge is 0.167 e. The molecule has 0 unspecified atom stereocenters. The highest BCUT2D eigenvalue weighted by Gasteiger charge is 2.24. The Kier molecular flexibility index (Phi) is 7.46. The summed E-state index contributed by atoms with van der Waals surface area (Å²) in [5.41, 5.74) is 11.4. The zero-order valence-electron chi connectivity index (χ0n) is 34.0. The van der Waals surface area contributed by atoms with Gasteiger partial charge in [0.1, 0.15) is 22.3 Å².